The van der Waals surface area contributed by atoms with Crippen LogP contribution in [0.15, 0.2) is 60.8 Å². The van der Waals surface area contributed by atoms with Gasteiger partial charge in [0.05, 0.1) is 18.8 Å². The van der Waals surface area contributed by atoms with Crippen molar-refractivity contribution in [2.24, 2.45) is 5.92 Å². The molecule has 0 radical (unpaired) electrons. The zero-order valence-electron chi connectivity index (χ0n) is 34.0. The average molecular weight is 779 g/mol. The lowest BCUT2D eigenvalue weighted by Gasteiger charge is -2.18. The van der Waals surface area contributed by atoms with Crippen molar-refractivity contribution >= 4 is 19.8 Å². The number of phosphoric ester groups is 1. The molecule has 0 bridgehead atoms. The average Bonchev–Trinajstić information content (AvgIpc) is 3.88. The number of unbranched alkanes of at least 4 members (excludes halogenated alkanes) is 12. The van der Waals surface area contributed by atoms with Gasteiger partial charge >= 0.3 is 19.8 Å². The molecular weight excluding hydrogens is 703 g/mol. The van der Waals surface area contributed by atoms with Crippen LogP contribution in [0.3, 0.4) is 0 Å². The number of phosphoric acid groups is 1. The van der Waals surface area contributed by atoms with E-state index in [9.17, 15) is 14.2 Å². The predicted octanol–water partition coefficient (Wildman–Crippen LogP) is 11.7. The lowest BCUT2D eigenvalue weighted by molar-refractivity contribution is -0.161. The van der Waals surface area contributed by atoms with E-state index in [0.717, 1.165) is 63.7 Å². The zero-order chi connectivity index (χ0) is 39.5. The summed E-state index contributed by atoms with van der Waals surface area (Å²) in [7, 11) is -4.77. The van der Waals surface area contributed by atoms with Gasteiger partial charge in [-0.05, 0) is 57.3 Å². The molecule has 1 rings (SSSR count). The SMILES string of the molecule is CC/C=C\CC1OC1C/C=C\C/C=C\C/C=C\C/C=C\CCC(=O)OC[C@H](COP(=O)(O)O)OC(=O)CCCCCCCCCCCCCCCC(C)C. The van der Waals surface area contributed by atoms with E-state index in [1.807, 2.05) is 12.2 Å². The van der Waals surface area contributed by atoms with Gasteiger partial charge in [-0.15, -0.1) is 0 Å². The molecule has 0 aromatic rings. The quantitative estimate of drug-likeness (QED) is 0.0210. The Kier molecular flexibility index (Phi) is 31.3. The Hall–Kier alpha value is -2.29. The van der Waals surface area contributed by atoms with E-state index in [2.05, 4.69) is 73.9 Å². The van der Waals surface area contributed by atoms with E-state index < -0.39 is 32.5 Å². The Morgan fingerprint density at radius 1 is 0.630 bits per heavy atom. The van der Waals surface area contributed by atoms with Crippen molar-refractivity contribution in [3.8, 4) is 0 Å². The molecule has 1 saturated heterocycles. The molecule has 0 amide bonds. The number of carbonyl (C=O) groups excluding carboxylic acids is 2. The highest BCUT2D eigenvalue weighted by Crippen LogP contribution is 2.36. The molecule has 0 aromatic heterocycles. The topological polar surface area (TPSA) is 132 Å². The van der Waals surface area contributed by atoms with Crippen molar-refractivity contribution in [3.05, 3.63) is 60.8 Å². The van der Waals surface area contributed by atoms with Crippen LogP contribution in [0, 0.1) is 5.92 Å². The lowest BCUT2D eigenvalue weighted by Crippen LogP contribution is -2.29. The molecule has 1 aliphatic rings. The van der Waals surface area contributed by atoms with Crippen molar-refractivity contribution in [3.63, 3.8) is 0 Å². The molecule has 2 N–H and O–H groups in total. The highest BCUT2D eigenvalue weighted by molar-refractivity contribution is 7.46. The van der Waals surface area contributed by atoms with E-state index in [4.69, 9.17) is 24.0 Å². The van der Waals surface area contributed by atoms with Crippen LogP contribution in [0.2, 0.25) is 0 Å². The number of epoxide rings is 1. The molecule has 0 aliphatic carbocycles. The van der Waals surface area contributed by atoms with Gasteiger partial charge in [-0.1, -0.05) is 165 Å². The fourth-order valence-corrected chi connectivity index (χ4v) is 6.28. The standard InChI is InChI=1S/C44H75O9P/c1-4-5-27-33-41-42(53-41)34-29-24-20-16-12-9-10-13-17-21-25-30-35-43(45)50-37-40(38-51-54(47,48)49)52-44(46)36-31-26-22-18-14-8-6-7-11-15-19-23-28-32-39(2)3/h5,10,12-13,16,21,24-25,27,29,39-42H,4,6-9,11,14-15,17-20,22-23,26,28,30-38H2,1-3H3,(H2,47,48,49)/b13-10-,16-12-,25-21-,27-5-,29-24-/t40-,41?,42?/m1/s1. The maximum absolute atomic E-state index is 12.4. The summed E-state index contributed by atoms with van der Waals surface area (Å²) in [6, 6.07) is 0. The van der Waals surface area contributed by atoms with E-state index in [0.29, 0.717) is 25.0 Å². The number of rotatable bonds is 36. The molecule has 54 heavy (non-hydrogen) atoms. The minimum atomic E-state index is -4.77. The van der Waals surface area contributed by atoms with Gasteiger partial charge in [0.25, 0.3) is 0 Å². The first-order valence-corrected chi connectivity index (χ1v) is 22.6. The molecule has 0 saturated carbocycles. The number of allylic oxidation sites excluding steroid dienone is 8. The largest absolute Gasteiger partial charge is 0.469 e. The molecule has 0 aromatic carbocycles. The Labute approximate surface area is 328 Å². The van der Waals surface area contributed by atoms with Crippen molar-refractivity contribution in [1.82, 2.24) is 0 Å². The van der Waals surface area contributed by atoms with Gasteiger partial charge in [-0.2, -0.15) is 0 Å². The second-order valence-electron chi connectivity index (χ2n) is 14.8. The van der Waals surface area contributed by atoms with Gasteiger partial charge in [0.1, 0.15) is 6.61 Å². The Morgan fingerprint density at radius 2 is 1.11 bits per heavy atom. The molecule has 1 aliphatic heterocycles. The molecule has 3 atom stereocenters. The summed E-state index contributed by atoms with van der Waals surface area (Å²) < 4.78 is 32.0. The third-order valence-electron chi connectivity index (χ3n) is 9.14. The number of ether oxygens (including phenoxy) is 3. The number of hydrogen-bond donors (Lipinski definition) is 2. The van der Waals surface area contributed by atoms with Crippen LogP contribution in [-0.2, 0) is 32.9 Å². The first kappa shape index (κ1) is 49.7. The first-order valence-electron chi connectivity index (χ1n) is 21.1. The van der Waals surface area contributed by atoms with Crippen LogP contribution in [0.25, 0.3) is 0 Å². The smallest absolute Gasteiger partial charge is 0.462 e. The first-order chi connectivity index (χ1) is 26.1. The van der Waals surface area contributed by atoms with Gasteiger partial charge < -0.3 is 24.0 Å². The van der Waals surface area contributed by atoms with Gasteiger partial charge in [0.2, 0.25) is 0 Å². The van der Waals surface area contributed by atoms with E-state index in [-0.39, 0.29) is 19.4 Å². The van der Waals surface area contributed by atoms with Crippen LogP contribution in [0.1, 0.15) is 168 Å². The van der Waals surface area contributed by atoms with Crippen molar-refractivity contribution in [2.75, 3.05) is 13.2 Å². The number of hydrogen-bond acceptors (Lipinski definition) is 7. The Balaban J connectivity index is 2.10. The molecule has 1 heterocycles. The normalized spacial score (nSPS) is 16.9. The number of carbonyl (C=O) groups is 2. The van der Waals surface area contributed by atoms with Gasteiger partial charge in [0.15, 0.2) is 6.10 Å². The second kappa shape index (κ2) is 34.0. The molecule has 1 fully saturated rings. The molecule has 0 spiro atoms. The molecular formula is C44H75O9P. The highest BCUT2D eigenvalue weighted by Gasteiger charge is 2.35. The third kappa shape index (κ3) is 34.2. The summed E-state index contributed by atoms with van der Waals surface area (Å²) in [5, 5.41) is 0. The van der Waals surface area contributed by atoms with E-state index >= 15 is 0 Å². The molecule has 310 valence electrons. The lowest BCUT2D eigenvalue weighted by atomic mass is 10.0. The van der Waals surface area contributed by atoms with E-state index in [1.165, 1.54) is 64.2 Å². The summed E-state index contributed by atoms with van der Waals surface area (Å²) in [6.45, 7) is 5.83. The van der Waals surface area contributed by atoms with Gasteiger partial charge in [-0.3, -0.25) is 14.1 Å². The van der Waals surface area contributed by atoms with Gasteiger partial charge in [0, 0.05) is 12.8 Å². The Morgan fingerprint density at radius 3 is 1.63 bits per heavy atom. The third-order valence-corrected chi connectivity index (χ3v) is 9.63. The van der Waals surface area contributed by atoms with Crippen molar-refractivity contribution in [1.29, 1.82) is 0 Å². The summed E-state index contributed by atoms with van der Waals surface area (Å²) in [5.74, 6) is -0.170. The highest BCUT2D eigenvalue weighted by atomic mass is 31.2. The zero-order valence-corrected chi connectivity index (χ0v) is 34.9. The van der Waals surface area contributed by atoms with Crippen LogP contribution in [0.4, 0.5) is 0 Å². The summed E-state index contributed by atoms with van der Waals surface area (Å²) in [4.78, 5) is 42.8. The van der Waals surface area contributed by atoms with Crippen molar-refractivity contribution in [2.45, 2.75) is 187 Å². The maximum atomic E-state index is 12.4. The fraction of sp³-hybridized carbons (Fsp3) is 0.727. The van der Waals surface area contributed by atoms with Crippen LogP contribution >= 0.6 is 7.82 Å². The van der Waals surface area contributed by atoms with Gasteiger partial charge in [-0.25, -0.2) is 4.57 Å². The summed E-state index contributed by atoms with van der Waals surface area (Å²) >= 11 is 0. The van der Waals surface area contributed by atoms with Crippen LogP contribution in [0.5, 0.6) is 0 Å². The van der Waals surface area contributed by atoms with Crippen LogP contribution < -0.4 is 0 Å². The minimum Gasteiger partial charge on any atom is -0.462 e. The number of esters is 2. The molecule has 9 nitrogen and oxygen atoms in total. The monoisotopic (exact) mass is 779 g/mol. The predicted molar refractivity (Wildman–Crippen MR) is 220 cm³/mol. The summed E-state index contributed by atoms with van der Waals surface area (Å²) in [5.41, 5.74) is 0. The molecule has 2 unspecified atom stereocenters. The fourth-order valence-electron chi connectivity index (χ4n) is 5.92. The minimum absolute atomic E-state index is 0.137. The maximum Gasteiger partial charge on any atom is 0.469 e. The summed E-state index contributed by atoms with van der Waals surface area (Å²) in [6.07, 6.45) is 44.3. The Bertz CT molecular complexity index is 1140. The van der Waals surface area contributed by atoms with E-state index in [1.54, 1.807) is 0 Å². The molecule has 10 heteroatoms. The second-order valence-corrected chi connectivity index (χ2v) is 16.0. The van der Waals surface area contributed by atoms with Crippen molar-refractivity contribution < 1.29 is 42.7 Å². The van der Waals surface area contributed by atoms with Crippen LogP contribution in [-0.4, -0.2) is 53.3 Å².